The molecule has 2 amide bonds. The van der Waals surface area contributed by atoms with Gasteiger partial charge in [0.2, 0.25) is 0 Å². The minimum absolute atomic E-state index is 0.0878. The number of urea groups is 1. The highest BCUT2D eigenvalue weighted by atomic mass is 16.5. The Morgan fingerprint density at radius 2 is 1.70 bits per heavy atom. The predicted octanol–water partition coefficient (Wildman–Crippen LogP) is 6.14. The number of carboxylic acids is 1. The van der Waals surface area contributed by atoms with Crippen LogP contribution in [0.2, 0.25) is 0 Å². The molecule has 1 atom stereocenters. The molecule has 2 aromatic carbocycles. The minimum atomic E-state index is -0.963. The topological polar surface area (TPSA) is 88.1 Å². The molecule has 0 radical (unpaired) electrons. The van der Waals surface area contributed by atoms with Gasteiger partial charge in [0.05, 0.1) is 6.54 Å². The maximum Gasteiger partial charge on any atom is 0.333 e. The number of aliphatic carboxylic acids is 1. The number of rotatable bonds is 12. The first-order valence-electron chi connectivity index (χ1n) is 13.5. The van der Waals surface area contributed by atoms with Gasteiger partial charge in [-0.1, -0.05) is 49.1 Å². The molecule has 2 aromatic rings. The molecule has 0 aliphatic heterocycles. The van der Waals surface area contributed by atoms with Gasteiger partial charge in [0.25, 0.3) is 0 Å². The van der Waals surface area contributed by atoms with Crippen molar-refractivity contribution in [2.75, 3.05) is 31.6 Å². The number of anilines is 1. The Balaban J connectivity index is 1.61. The summed E-state index contributed by atoms with van der Waals surface area (Å²) in [6.07, 6.45) is 5.50. The van der Waals surface area contributed by atoms with E-state index in [0.717, 1.165) is 41.8 Å². The Morgan fingerprint density at radius 1 is 1.05 bits per heavy atom. The van der Waals surface area contributed by atoms with Gasteiger partial charge in [0.1, 0.15) is 12.4 Å². The van der Waals surface area contributed by atoms with E-state index < -0.39 is 12.1 Å². The number of ether oxygens (including phenoxy) is 2. The van der Waals surface area contributed by atoms with E-state index in [4.69, 9.17) is 9.47 Å². The summed E-state index contributed by atoms with van der Waals surface area (Å²) in [7, 11) is 0. The summed E-state index contributed by atoms with van der Waals surface area (Å²) in [5.41, 5.74) is 5.06. The first kappa shape index (κ1) is 28.5. The monoisotopic (exact) mass is 510 g/mol. The molecule has 0 aromatic heterocycles. The van der Waals surface area contributed by atoms with Crippen LogP contribution >= 0.6 is 0 Å². The molecular formula is C30H42N2O5. The Kier molecular flexibility index (Phi) is 10.8. The van der Waals surface area contributed by atoms with Crippen LogP contribution in [0.3, 0.4) is 0 Å². The second-order valence-corrected chi connectivity index (χ2v) is 10.1. The van der Waals surface area contributed by atoms with Gasteiger partial charge in [0, 0.05) is 25.3 Å². The molecule has 1 unspecified atom stereocenters. The Bertz CT molecular complexity index is 1010. The third-order valence-electron chi connectivity index (χ3n) is 7.02. The lowest BCUT2D eigenvalue weighted by Crippen LogP contribution is -2.41. The molecule has 1 fully saturated rings. The van der Waals surface area contributed by atoms with Gasteiger partial charge in [-0.3, -0.25) is 0 Å². The molecule has 7 heteroatoms. The molecule has 1 aliphatic carbocycles. The van der Waals surface area contributed by atoms with E-state index in [2.05, 4.69) is 24.4 Å². The number of benzene rings is 2. The molecule has 0 heterocycles. The zero-order valence-corrected chi connectivity index (χ0v) is 22.7. The molecule has 37 heavy (non-hydrogen) atoms. The van der Waals surface area contributed by atoms with Crippen molar-refractivity contribution in [2.45, 2.75) is 72.3 Å². The number of amides is 2. The van der Waals surface area contributed by atoms with Crippen LogP contribution < -0.4 is 10.1 Å². The zero-order chi connectivity index (χ0) is 26.8. The Hall–Kier alpha value is -3.06. The van der Waals surface area contributed by atoms with E-state index in [1.807, 2.05) is 43.0 Å². The molecular weight excluding hydrogens is 468 g/mol. The second-order valence-electron chi connectivity index (χ2n) is 10.1. The number of nitrogens with one attached hydrogen (secondary N) is 1. The molecule has 0 bridgehead atoms. The number of hydrogen-bond acceptors (Lipinski definition) is 4. The highest BCUT2D eigenvalue weighted by Gasteiger charge is 2.22. The van der Waals surface area contributed by atoms with Crippen LogP contribution in [-0.2, 0) is 16.0 Å². The number of carbonyl (C=O) groups excluding carboxylic acids is 1. The Labute approximate surface area is 221 Å². The molecule has 0 spiro atoms. The van der Waals surface area contributed by atoms with E-state index >= 15 is 0 Å². The molecule has 2 N–H and O–H groups in total. The van der Waals surface area contributed by atoms with Crippen molar-refractivity contribution in [2.24, 2.45) is 5.92 Å². The number of nitrogens with zero attached hydrogens (tertiary/aromatic N) is 1. The van der Waals surface area contributed by atoms with Crippen LogP contribution in [0.5, 0.6) is 5.75 Å². The molecule has 7 nitrogen and oxygen atoms in total. The highest BCUT2D eigenvalue weighted by molar-refractivity contribution is 5.91. The van der Waals surface area contributed by atoms with Crippen molar-refractivity contribution in [1.82, 2.24) is 4.90 Å². The van der Waals surface area contributed by atoms with Crippen molar-refractivity contribution >= 4 is 17.7 Å². The smallest absolute Gasteiger partial charge is 0.333 e. The van der Waals surface area contributed by atoms with Gasteiger partial charge in [-0.25, -0.2) is 9.59 Å². The van der Waals surface area contributed by atoms with Crippen LogP contribution in [0, 0.1) is 26.7 Å². The fourth-order valence-electron chi connectivity index (χ4n) is 5.15. The SMILES string of the molecule is CCOC(Cc1ccc(OCCN(CC2CCCCC2)C(=O)Nc2c(C)cc(C)cc2C)cc1)C(=O)O. The van der Waals surface area contributed by atoms with Crippen LogP contribution in [0.1, 0.15) is 61.3 Å². The summed E-state index contributed by atoms with van der Waals surface area (Å²) in [5.74, 6) is 0.247. The average Bonchev–Trinajstić information content (AvgIpc) is 2.86. The summed E-state index contributed by atoms with van der Waals surface area (Å²) < 4.78 is 11.3. The number of carboxylic acid groups (broad SMARTS) is 1. The maximum atomic E-state index is 13.4. The maximum absolute atomic E-state index is 13.4. The van der Waals surface area contributed by atoms with Crippen molar-refractivity contribution in [3.63, 3.8) is 0 Å². The van der Waals surface area contributed by atoms with Gasteiger partial charge < -0.3 is 24.8 Å². The molecule has 1 aliphatic rings. The minimum Gasteiger partial charge on any atom is -0.492 e. The first-order valence-corrected chi connectivity index (χ1v) is 13.5. The summed E-state index contributed by atoms with van der Waals surface area (Å²) in [6, 6.07) is 11.5. The van der Waals surface area contributed by atoms with Crippen molar-refractivity contribution in [3.8, 4) is 5.75 Å². The molecule has 3 rings (SSSR count). The summed E-state index contributed by atoms with van der Waals surface area (Å²) in [5, 5.41) is 12.5. The standard InChI is InChI=1S/C30H42N2O5/c1-5-36-27(29(33)34)19-24-11-13-26(14-12-24)37-16-15-32(20-25-9-7-6-8-10-25)30(35)31-28-22(3)17-21(2)18-23(28)4/h11-14,17-18,25,27H,5-10,15-16,19-20H2,1-4H3,(H,31,35)(H,33,34). The lowest BCUT2D eigenvalue weighted by Gasteiger charge is -2.30. The van der Waals surface area contributed by atoms with Crippen molar-refractivity contribution < 1.29 is 24.2 Å². The first-order chi connectivity index (χ1) is 17.8. The average molecular weight is 511 g/mol. The molecule has 0 saturated heterocycles. The zero-order valence-electron chi connectivity index (χ0n) is 22.7. The van der Waals surface area contributed by atoms with Gasteiger partial charge in [-0.2, -0.15) is 0 Å². The second kappa shape index (κ2) is 14.0. The van der Waals surface area contributed by atoms with Gasteiger partial charge in [0.15, 0.2) is 6.10 Å². The van der Waals surface area contributed by atoms with Crippen LogP contribution in [0.15, 0.2) is 36.4 Å². The van der Waals surface area contributed by atoms with E-state index in [1.165, 1.54) is 24.8 Å². The number of hydrogen-bond donors (Lipinski definition) is 2. The van der Waals surface area contributed by atoms with E-state index in [1.54, 1.807) is 6.92 Å². The summed E-state index contributed by atoms with van der Waals surface area (Å²) in [6.45, 7) is 9.85. The van der Waals surface area contributed by atoms with Crippen LogP contribution in [0.4, 0.5) is 10.5 Å². The van der Waals surface area contributed by atoms with Crippen molar-refractivity contribution in [3.05, 3.63) is 58.7 Å². The predicted molar refractivity (Wildman–Crippen MR) is 147 cm³/mol. The van der Waals surface area contributed by atoms with Gasteiger partial charge in [-0.15, -0.1) is 0 Å². The summed E-state index contributed by atoms with van der Waals surface area (Å²) >= 11 is 0. The fourth-order valence-corrected chi connectivity index (χ4v) is 5.15. The van der Waals surface area contributed by atoms with Crippen LogP contribution in [0.25, 0.3) is 0 Å². The highest BCUT2D eigenvalue weighted by Crippen LogP contribution is 2.26. The largest absolute Gasteiger partial charge is 0.492 e. The fraction of sp³-hybridized carbons (Fsp3) is 0.533. The third-order valence-corrected chi connectivity index (χ3v) is 7.02. The van der Waals surface area contributed by atoms with Crippen LogP contribution in [-0.4, -0.2) is 54.4 Å². The van der Waals surface area contributed by atoms with Gasteiger partial charge >= 0.3 is 12.0 Å². The quantitative estimate of drug-likeness (QED) is 0.358. The van der Waals surface area contributed by atoms with E-state index in [-0.39, 0.29) is 6.03 Å². The lowest BCUT2D eigenvalue weighted by atomic mass is 9.89. The number of aryl methyl sites for hydroxylation is 3. The summed E-state index contributed by atoms with van der Waals surface area (Å²) in [4.78, 5) is 26.6. The molecule has 202 valence electrons. The third kappa shape index (κ3) is 8.78. The van der Waals surface area contributed by atoms with Crippen molar-refractivity contribution in [1.29, 1.82) is 0 Å². The van der Waals surface area contributed by atoms with Gasteiger partial charge in [-0.05, 0) is 75.3 Å². The Morgan fingerprint density at radius 3 is 2.30 bits per heavy atom. The molecule has 1 saturated carbocycles. The van der Waals surface area contributed by atoms with E-state index in [0.29, 0.717) is 37.8 Å². The van der Waals surface area contributed by atoms with E-state index in [9.17, 15) is 14.7 Å². The number of carbonyl (C=O) groups is 2. The lowest BCUT2D eigenvalue weighted by molar-refractivity contribution is -0.149. The normalized spacial score (nSPS) is 14.7.